The second kappa shape index (κ2) is 10.7. The Hall–Kier alpha value is -1.62. The van der Waals surface area contributed by atoms with Crippen LogP contribution in [-0.4, -0.2) is 6.10 Å². The molecule has 0 heterocycles. The summed E-state index contributed by atoms with van der Waals surface area (Å²) in [6.45, 7) is 12.3. The number of anilines is 2. The molecule has 1 aromatic carbocycles. The summed E-state index contributed by atoms with van der Waals surface area (Å²) in [7, 11) is 0. The van der Waals surface area contributed by atoms with E-state index in [-0.39, 0.29) is 16.7 Å². The zero-order chi connectivity index (χ0) is 28.2. The van der Waals surface area contributed by atoms with E-state index in [1.807, 2.05) is 0 Å². The molecule has 3 fully saturated rings. The molecule has 39 heavy (non-hydrogen) atoms. The van der Waals surface area contributed by atoms with Gasteiger partial charge in [0.2, 0.25) is 0 Å². The Bertz CT molecular complexity index is 1070. The van der Waals surface area contributed by atoms with E-state index < -0.39 is 12.2 Å². The van der Waals surface area contributed by atoms with Gasteiger partial charge >= 0.3 is 6.11 Å². The summed E-state index contributed by atoms with van der Waals surface area (Å²) in [5, 5.41) is 0. The summed E-state index contributed by atoms with van der Waals surface area (Å²) in [4.78, 5) is 0. The molecule has 8 atom stereocenters. The predicted octanol–water partition coefficient (Wildman–Crippen LogP) is 9.33. The van der Waals surface area contributed by atoms with Gasteiger partial charge < -0.3 is 16.2 Å². The molecule has 0 bridgehead atoms. The highest BCUT2D eigenvalue weighted by Gasteiger charge is 2.59. The summed E-state index contributed by atoms with van der Waals surface area (Å²) < 4.78 is 35.8. The lowest BCUT2D eigenvalue weighted by molar-refractivity contribution is -0.277. The number of halogens is 2. The molecule has 0 aromatic heterocycles. The van der Waals surface area contributed by atoms with Gasteiger partial charge in [0.25, 0.3) is 0 Å². The summed E-state index contributed by atoms with van der Waals surface area (Å²) in [6.07, 6.45) is 11.3. The molecule has 218 valence electrons. The fraction of sp³-hybridized carbons (Fsp3) is 0.765. The minimum Gasteiger partial charge on any atom is -0.399 e. The second-order valence-electron chi connectivity index (χ2n) is 14.6. The molecular formula is C34H52F2N2O. The van der Waals surface area contributed by atoms with Crippen molar-refractivity contribution in [3.63, 3.8) is 0 Å². The lowest BCUT2D eigenvalue weighted by Crippen LogP contribution is -2.51. The lowest BCUT2D eigenvalue weighted by atomic mass is 9.47. The van der Waals surface area contributed by atoms with Crippen molar-refractivity contribution in [1.29, 1.82) is 0 Å². The predicted molar refractivity (Wildman–Crippen MR) is 157 cm³/mol. The number of alkyl halides is 2. The highest BCUT2D eigenvalue weighted by Crippen LogP contribution is 2.67. The Morgan fingerprint density at radius 3 is 2.49 bits per heavy atom. The smallest absolute Gasteiger partial charge is 0.385 e. The van der Waals surface area contributed by atoms with Gasteiger partial charge in [0.15, 0.2) is 0 Å². The summed E-state index contributed by atoms with van der Waals surface area (Å²) in [5.41, 5.74) is 13.6. The molecule has 0 saturated heterocycles. The number of hydrogen-bond acceptors (Lipinski definition) is 3. The van der Waals surface area contributed by atoms with Gasteiger partial charge in [-0.2, -0.15) is 8.78 Å². The van der Waals surface area contributed by atoms with Crippen LogP contribution < -0.4 is 11.5 Å². The molecular weight excluding hydrogens is 490 g/mol. The van der Waals surface area contributed by atoms with E-state index in [1.54, 1.807) is 0 Å². The molecule has 3 nitrogen and oxygen atoms in total. The fourth-order valence-electron chi connectivity index (χ4n) is 9.87. The molecule has 1 aromatic rings. The number of nitrogens with two attached hydrogens (primary N) is 2. The Labute approximate surface area is 235 Å². The van der Waals surface area contributed by atoms with Gasteiger partial charge in [0.1, 0.15) is 0 Å². The number of fused-ring (bicyclic) bond motifs is 5. The maximum absolute atomic E-state index is 15.2. The molecule has 5 heteroatoms. The van der Waals surface area contributed by atoms with Crippen molar-refractivity contribution in [3.8, 4) is 0 Å². The van der Waals surface area contributed by atoms with E-state index in [9.17, 15) is 0 Å². The first-order valence-electron chi connectivity index (χ1n) is 15.8. The topological polar surface area (TPSA) is 61.3 Å². The standard InChI is InChI=1S/C34H52F2N2O/c1-21(2)7-6-8-22(3)27-13-14-28-26-11-9-23-19-25(15-17-32(23,4)29(26)16-18-33(27,28)5)39-34(35,36)30-12-10-24(37)20-31(30)38/h9-10,12,20-22,25-29H,6-8,11,13-19,37-38H2,1-5H3/t22-,25+,26+,27-,28+,29+,32+,33-/m1/s1. The fourth-order valence-corrected chi connectivity index (χ4v) is 9.87. The molecule has 4 N–H and O–H groups in total. The Kier molecular flexibility index (Phi) is 7.89. The van der Waals surface area contributed by atoms with Crippen molar-refractivity contribution in [2.24, 2.45) is 46.3 Å². The Balaban J connectivity index is 1.27. The lowest BCUT2D eigenvalue weighted by Gasteiger charge is -2.58. The van der Waals surface area contributed by atoms with Crippen molar-refractivity contribution in [3.05, 3.63) is 35.4 Å². The molecule has 0 radical (unpaired) electrons. The van der Waals surface area contributed by atoms with E-state index in [0.29, 0.717) is 29.9 Å². The van der Waals surface area contributed by atoms with Crippen LogP contribution in [0.4, 0.5) is 20.2 Å². The summed E-state index contributed by atoms with van der Waals surface area (Å²) in [5.74, 6) is 4.66. The van der Waals surface area contributed by atoms with Crippen molar-refractivity contribution < 1.29 is 13.5 Å². The van der Waals surface area contributed by atoms with Crippen molar-refractivity contribution in [1.82, 2.24) is 0 Å². The molecule has 4 aliphatic rings. The van der Waals surface area contributed by atoms with Gasteiger partial charge in [-0.3, -0.25) is 0 Å². The van der Waals surface area contributed by atoms with Crippen LogP contribution in [0.2, 0.25) is 0 Å². The number of benzene rings is 1. The minimum absolute atomic E-state index is 0.0188. The van der Waals surface area contributed by atoms with Crippen LogP contribution in [0.15, 0.2) is 29.8 Å². The van der Waals surface area contributed by atoms with E-state index >= 15 is 8.78 Å². The minimum atomic E-state index is -3.43. The molecule has 3 saturated carbocycles. The second-order valence-corrected chi connectivity index (χ2v) is 14.6. The van der Waals surface area contributed by atoms with Gasteiger partial charge in [-0.1, -0.05) is 65.5 Å². The van der Waals surface area contributed by atoms with Crippen LogP contribution >= 0.6 is 0 Å². The third kappa shape index (κ3) is 5.26. The summed E-state index contributed by atoms with van der Waals surface area (Å²) in [6, 6.07) is 4.13. The average Bonchev–Trinajstić information content (AvgIpc) is 3.21. The van der Waals surface area contributed by atoms with E-state index in [2.05, 4.69) is 40.7 Å². The van der Waals surface area contributed by atoms with Crippen LogP contribution in [0, 0.1) is 46.3 Å². The zero-order valence-corrected chi connectivity index (χ0v) is 24.9. The van der Waals surface area contributed by atoms with Gasteiger partial charge in [0, 0.05) is 11.4 Å². The summed E-state index contributed by atoms with van der Waals surface area (Å²) >= 11 is 0. The van der Waals surface area contributed by atoms with Crippen molar-refractivity contribution in [2.45, 2.75) is 117 Å². The largest absolute Gasteiger partial charge is 0.399 e. The first-order valence-corrected chi connectivity index (χ1v) is 15.8. The van der Waals surface area contributed by atoms with Crippen molar-refractivity contribution >= 4 is 11.4 Å². The molecule has 5 rings (SSSR count). The number of ether oxygens (including phenoxy) is 1. The molecule has 0 aliphatic heterocycles. The van der Waals surface area contributed by atoms with Crippen LogP contribution in [0.1, 0.15) is 111 Å². The molecule has 0 amide bonds. The third-order valence-corrected chi connectivity index (χ3v) is 12.0. The van der Waals surface area contributed by atoms with Gasteiger partial charge in [-0.25, -0.2) is 0 Å². The monoisotopic (exact) mass is 542 g/mol. The highest BCUT2D eigenvalue weighted by atomic mass is 19.3. The molecule has 0 spiro atoms. The highest BCUT2D eigenvalue weighted by molar-refractivity contribution is 5.57. The van der Waals surface area contributed by atoms with Gasteiger partial charge in [-0.15, -0.1) is 0 Å². The Morgan fingerprint density at radius 2 is 1.77 bits per heavy atom. The normalized spacial score (nSPS) is 37.1. The molecule has 0 unspecified atom stereocenters. The molecule has 4 aliphatic carbocycles. The van der Waals surface area contributed by atoms with E-state index in [0.717, 1.165) is 42.4 Å². The number of hydrogen-bond donors (Lipinski definition) is 2. The average molecular weight is 543 g/mol. The van der Waals surface area contributed by atoms with Crippen LogP contribution in [0.3, 0.4) is 0 Å². The first-order chi connectivity index (χ1) is 18.3. The number of rotatable bonds is 8. The maximum atomic E-state index is 15.2. The van der Waals surface area contributed by atoms with Crippen LogP contribution in [-0.2, 0) is 10.8 Å². The van der Waals surface area contributed by atoms with Crippen LogP contribution in [0.25, 0.3) is 0 Å². The quantitative estimate of drug-likeness (QED) is 0.254. The maximum Gasteiger partial charge on any atom is 0.385 e. The first kappa shape index (κ1) is 28.9. The SMILES string of the molecule is CC(C)CCC[C@@H](C)[C@H]1CC[C@H]2[C@@H]3CC=C4C[C@@H](OC(F)(F)c5ccc(N)cc5N)CC[C@]4(C)[C@H]3CC[C@]12C. The van der Waals surface area contributed by atoms with Crippen LogP contribution in [0.5, 0.6) is 0 Å². The Morgan fingerprint density at radius 1 is 1.00 bits per heavy atom. The number of allylic oxidation sites excluding steroid dienone is 1. The zero-order valence-electron chi connectivity index (χ0n) is 24.9. The van der Waals surface area contributed by atoms with Gasteiger partial charge in [0.05, 0.1) is 11.7 Å². The van der Waals surface area contributed by atoms with E-state index in [4.69, 9.17) is 16.2 Å². The van der Waals surface area contributed by atoms with Gasteiger partial charge in [-0.05, 0) is 116 Å². The third-order valence-electron chi connectivity index (χ3n) is 12.0. The van der Waals surface area contributed by atoms with Crippen molar-refractivity contribution in [2.75, 3.05) is 11.5 Å². The van der Waals surface area contributed by atoms with E-state index in [1.165, 1.54) is 68.7 Å². The number of nitrogen functional groups attached to an aromatic ring is 2.